The van der Waals surface area contributed by atoms with Crippen LogP contribution in [0.1, 0.15) is 45.4 Å². The topological polar surface area (TPSA) is 54.9 Å². The first-order chi connectivity index (χ1) is 8.79. The zero-order valence-electron chi connectivity index (χ0n) is 10.9. The highest BCUT2D eigenvalue weighted by atomic mass is 16.2. The van der Waals surface area contributed by atoms with Crippen LogP contribution in [0.15, 0.2) is 18.5 Å². The highest BCUT2D eigenvalue weighted by molar-refractivity contribution is 5.90. The molecule has 0 atom stereocenters. The van der Waals surface area contributed by atoms with Crippen LogP contribution < -0.4 is 5.32 Å². The van der Waals surface area contributed by atoms with Crippen molar-refractivity contribution in [1.82, 2.24) is 9.97 Å². The molecule has 0 aromatic carbocycles. The van der Waals surface area contributed by atoms with Gasteiger partial charge in [0.2, 0.25) is 11.9 Å². The highest BCUT2D eigenvalue weighted by Crippen LogP contribution is 2.31. The van der Waals surface area contributed by atoms with Gasteiger partial charge in [-0.3, -0.25) is 10.1 Å². The van der Waals surface area contributed by atoms with Crippen LogP contribution in [0.4, 0.5) is 5.95 Å². The number of nitrogens with zero attached hydrogens (tertiary/aromatic N) is 2. The van der Waals surface area contributed by atoms with E-state index in [9.17, 15) is 4.79 Å². The minimum absolute atomic E-state index is 0.0798. The second kappa shape index (κ2) is 6.47. The fourth-order valence-electron chi connectivity index (χ4n) is 2.70. The van der Waals surface area contributed by atoms with Gasteiger partial charge in [-0.1, -0.05) is 19.8 Å². The lowest BCUT2D eigenvalue weighted by Gasteiger charge is -2.27. The van der Waals surface area contributed by atoms with Gasteiger partial charge in [0.1, 0.15) is 0 Å². The lowest BCUT2D eigenvalue weighted by Crippen LogP contribution is -2.27. The SMILES string of the molecule is CCCC1CCC(C(=O)Nc2ncccn2)CC1. The third-order valence-corrected chi connectivity index (χ3v) is 3.72. The number of hydrogen-bond acceptors (Lipinski definition) is 3. The average molecular weight is 247 g/mol. The summed E-state index contributed by atoms with van der Waals surface area (Å²) in [6.45, 7) is 2.23. The minimum atomic E-state index is 0.0798. The summed E-state index contributed by atoms with van der Waals surface area (Å²) in [5.74, 6) is 1.46. The van der Waals surface area contributed by atoms with Crippen LogP contribution >= 0.6 is 0 Å². The van der Waals surface area contributed by atoms with Crippen LogP contribution in [-0.4, -0.2) is 15.9 Å². The van der Waals surface area contributed by atoms with E-state index in [-0.39, 0.29) is 11.8 Å². The van der Waals surface area contributed by atoms with Gasteiger partial charge in [-0.15, -0.1) is 0 Å². The second-order valence-corrected chi connectivity index (χ2v) is 5.07. The van der Waals surface area contributed by atoms with Crippen molar-refractivity contribution in [3.05, 3.63) is 18.5 Å². The Kier molecular flexibility index (Phi) is 4.67. The molecule has 18 heavy (non-hydrogen) atoms. The summed E-state index contributed by atoms with van der Waals surface area (Å²) < 4.78 is 0. The zero-order valence-corrected chi connectivity index (χ0v) is 10.9. The maximum absolute atomic E-state index is 12.0. The van der Waals surface area contributed by atoms with Gasteiger partial charge in [-0.2, -0.15) is 0 Å². The van der Waals surface area contributed by atoms with E-state index >= 15 is 0 Å². The Bertz CT molecular complexity index is 372. The van der Waals surface area contributed by atoms with Crippen LogP contribution in [0, 0.1) is 11.8 Å². The fourth-order valence-corrected chi connectivity index (χ4v) is 2.70. The van der Waals surface area contributed by atoms with Crippen LogP contribution in [0.5, 0.6) is 0 Å². The van der Waals surface area contributed by atoms with Gasteiger partial charge in [0, 0.05) is 18.3 Å². The van der Waals surface area contributed by atoms with E-state index in [1.54, 1.807) is 18.5 Å². The Morgan fingerprint density at radius 3 is 2.56 bits per heavy atom. The van der Waals surface area contributed by atoms with E-state index in [0.29, 0.717) is 5.95 Å². The third kappa shape index (κ3) is 3.52. The van der Waals surface area contributed by atoms with Crippen LogP contribution in [-0.2, 0) is 4.79 Å². The molecule has 1 amide bonds. The monoisotopic (exact) mass is 247 g/mol. The first kappa shape index (κ1) is 13.0. The summed E-state index contributed by atoms with van der Waals surface area (Å²) in [5, 5.41) is 2.80. The molecule has 1 saturated carbocycles. The predicted octanol–water partition coefficient (Wildman–Crippen LogP) is 3.02. The molecule has 2 rings (SSSR count). The van der Waals surface area contributed by atoms with Gasteiger partial charge in [0.25, 0.3) is 0 Å². The molecule has 0 radical (unpaired) electrons. The van der Waals surface area contributed by atoms with Crippen LogP contribution in [0.3, 0.4) is 0 Å². The van der Waals surface area contributed by atoms with Gasteiger partial charge < -0.3 is 0 Å². The maximum Gasteiger partial charge on any atom is 0.229 e. The molecule has 0 aliphatic heterocycles. The van der Waals surface area contributed by atoms with E-state index < -0.39 is 0 Å². The molecule has 1 aliphatic rings. The fraction of sp³-hybridized carbons (Fsp3) is 0.643. The first-order valence-electron chi connectivity index (χ1n) is 6.87. The Hall–Kier alpha value is -1.45. The molecule has 0 spiro atoms. The van der Waals surface area contributed by atoms with E-state index in [0.717, 1.165) is 18.8 Å². The number of amides is 1. The standard InChI is InChI=1S/C14H21N3O/c1-2-4-11-5-7-12(8-6-11)13(18)17-14-15-9-3-10-16-14/h3,9-12H,2,4-8H2,1H3,(H,15,16,17,18). The molecule has 1 N–H and O–H groups in total. The van der Waals surface area contributed by atoms with Crippen molar-refractivity contribution < 1.29 is 4.79 Å². The average Bonchev–Trinajstić information content (AvgIpc) is 2.41. The molecule has 1 fully saturated rings. The van der Waals surface area contributed by atoms with Crippen molar-refractivity contribution in [1.29, 1.82) is 0 Å². The molecular formula is C14H21N3O. The molecular weight excluding hydrogens is 226 g/mol. The molecule has 0 unspecified atom stereocenters. The van der Waals surface area contributed by atoms with Crippen LogP contribution in [0.25, 0.3) is 0 Å². The lowest BCUT2D eigenvalue weighted by atomic mass is 9.80. The van der Waals surface area contributed by atoms with Crippen molar-refractivity contribution in [2.24, 2.45) is 11.8 Å². The lowest BCUT2D eigenvalue weighted by molar-refractivity contribution is -0.121. The number of hydrogen-bond donors (Lipinski definition) is 1. The number of carbonyl (C=O) groups is 1. The van der Waals surface area contributed by atoms with Crippen molar-refractivity contribution in [3.8, 4) is 0 Å². The number of nitrogens with one attached hydrogen (secondary N) is 1. The number of rotatable bonds is 4. The third-order valence-electron chi connectivity index (χ3n) is 3.72. The second-order valence-electron chi connectivity index (χ2n) is 5.07. The summed E-state index contributed by atoms with van der Waals surface area (Å²) in [7, 11) is 0. The van der Waals surface area contributed by atoms with E-state index in [1.165, 1.54) is 25.7 Å². The van der Waals surface area contributed by atoms with E-state index in [4.69, 9.17) is 0 Å². The first-order valence-corrected chi connectivity index (χ1v) is 6.87. The number of aromatic nitrogens is 2. The van der Waals surface area contributed by atoms with Crippen molar-refractivity contribution in [3.63, 3.8) is 0 Å². The quantitative estimate of drug-likeness (QED) is 0.889. The van der Waals surface area contributed by atoms with Gasteiger partial charge in [-0.25, -0.2) is 9.97 Å². The number of carbonyl (C=O) groups excluding carboxylic acids is 1. The van der Waals surface area contributed by atoms with Gasteiger partial charge >= 0.3 is 0 Å². The maximum atomic E-state index is 12.0. The van der Waals surface area contributed by atoms with Crippen molar-refractivity contribution in [2.45, 2.75) is 45.4 Å². The van der Waals surface area contributed by atoms with Crippen molar-refractivity contribution >= 4 is 11.9 Å². The molecule has 4 heteroatoms. The minimum Gasteiger partial charge on any atom is -0.294 e. The Morgan fingerprint density at radius 2 is 1.94 bits per heavy atom. The highest BCUT2D eigenvalue weighted by Gasteiger charge is 2.26. The molecule has 0 bridgehead atoms. The molecule has 4 nitrogen and oxygen atoms in total. The van der Waals surface area contributed by atoms with E-state index in [1.807, 2.05) is 0 Å². The number of anilines is 1. The zero-order chi connectivity index (χ0) is 12.8. The Morgan fingerprint density at radius 1 is 1.28 bits per heavy atom. The summed E-state index contributed by atoms with van der Waals surface area (Å²) in [5.41, 5.74) is 0. The predicted molar refractivity (Wildman–Crippen MR) is 71.0 cm³/mol. The van der Waals surface area contributed by atoms with Crippen LogP contribution in [0.2, 0.25) is 0 Å². The largest absolute Gasteiger partial charge is 0.294 e. The summed E-state index contributed by atoms with van der Waals surface area (Å²) >= 11 is 0. The molecule has 0 saturated heterocycles. The van der Waals surface area contributed by atoms with Crippen molar-refractivity contribution in [2.75, 3.05) is 5.32 Å². The molecule has 1 aromatic rings. The molecule has 1 heterocycles. The molecule has 1 aliphatic carbocycles. The summed E-state index contributed by atoms with van der Waals surface area (Å²) in [6, 6.07) is 1.74. The Labute approximate surface area is 108 Å². The van der Waals surface area contributed by atoms with Gasteiger partial charge in [0.05, 0.1) is 0 Å². The van der Waals surface area contributed by atoms with E-state index in [2.05, 4.69) is 22.2 Å². The van der Waals surface area contributed by atoms with Gasteiger partial charge in [-0.05, 0) is 37.7 Å². The van der Waals surface area contributed by atoms with Gasteiger partial charge in [0.15, 0.2) is 0 Å². The normalized spacial score (nSPS) is 23.6. The summed E-state index contributed by atoms with van der Waals surface area (Å²) in [4.78, 5) is 20.1. The Balaban J connectivity index is 1.81. The smallest absolute Gasteiger partial charge is 0.229 e. The molecule has 98 valence electrons. The summed E-state index contributed by atoms with van der Waals surface area (Å²) in [6.07, 6.45) is 10.2. The molecule has 1 aromatic heterocycles.